The number of hydrogen-bond acceptors (Lipinski definition) is 2. The molecule has 1 aromatic rings. The summed E-state index contributed by atoms with van der Waals surface area (Å²) in [4.78, 5) is 0. The molecule has 0 spiro atoms. The van der Waals surface area contributed by atoms with E-state index < -0.39 is 0 Å². The van der Waals surface area contributed by atoms with E-state index in [9.17, 15) is 0 Å². The number of rotatable bonds is 1. The summed E-state index contributed by atoms with van der Waals surface area (Å²) < 4.78 is 10.3. The maximum atomic E-state index is 5.15. The van der Waals surface area contributed by atoms with Gasteiger partial charge in [-0.2, -0.15) is 0 Å². The molecule has 2 nitrogen and oxygen atoms in total. The van der Waals surface area contributed by atoms with Gasteiger partial charge in [-0.15, -0.1) is 0 Å². The zero-order chi connectivity index (χ0) is 8.39. The van der Waals surface area contributed by atoms with Crippen LogP contribution in [0.3, 0.4) is 0 Å². The lowest BCUT2D eigenvalue weighted by Crippen LogP contribution is -1.96. The van der Waals surface area contributed by atoms with Gasteiger partial charge in [0.05, 0.1) is 13.4 Å². The first-order valence-electron chi connectivity index (χ1n) is 3.85. The molecule has 2 heteroatoms. The minimum absolute atomic E-state index is 0.663. The third-order valence-electron chi connectivity index (χ3n) is 1.94. The summed E-state index contributed by atoms with van der Waals surface area (Å²) in [7, 11) is 1.67. The van der Waals surface area contributed by atoms with Crippen LogP contribution in [0.1, 0.15) is 11.1 Å². The molecule has 1 aliphatic heterocycles. The minimum Gasteiger partial charge on any atom is -0.497 e. The van der Waals surface area contributed by atoms with E-state index in [2.05, 4.69) is 0 Å². The van der Waals surface area contributed by atoms with E-state index in [1.54, 1.807) is 13.4 Å². The second-order valence-corrected chi connectivity index (χ2v) is 2.68. The fourth-order valence-electron chi connectivity index (χ4n) is 1.25. The SMILES string of the molecule is COc1ccc2c(c1)C=COC2. The van der Waals surface area contributed by atoms with Crippen LogP contribution in [0.2, 0.25) is 0 Å². The van der Waals surface area contributed by atoms with Gasteiger partial charge in [0.15, 0.2) is 0 Å². The number of ether oxygens (including phenoxy) is 2. The third kappa shape index (κ3) is 1.16. The molecule has 0 fully saturated rings. The molecule has 0 amide bonds. The van der Waals surface area contributed by atoms with Crippen molar-refractivity contribution >= 4 is 6.08 Å². The molecule has 0 aromatic heterocycles. The van der Waals surface area contributed by atoms with Gasteiger partial charge < -0.3 is 9.47 Å². The lowest BCUT2D eigenvalue weighted by molar-refractivity contribution is 0.234. The normalized spacial score (nSPS) is 13.4. The molecule has 0 radical (unpaired) electrons. The number of hydrogen-bond donors (Lipinski definition) is 0. The highest BCUT2D eigenvalue weighted by molar-refractivity contribution is 5.56. The van der Waals surface area contributed by atoms with Crippen LogP contribution < -0.4 is 4.74 Å². The number of methoxy groups -OCH3 is 1. The van der Waals surface area contributed by atoms with E-state index in [1.165, 1.54) is 11.1 Å². The lowest BCUT2D eigenvalue weighted by atomic mass is 10.1. The molecule has 0 unspecified atom stereocenters. The first-order valence-corrected chi connectivity index (χ1v) is 3.85. The van der Waals surface area contributed by atoms with E-state index >= 15 is 0 Å². The molecule has 1 aromatic carbocycles. The van der Waals surface area contributed by atoms with Crippen LogP contribution in [0.25, 0.3) is 6.08 Å². The van der Waals surface area contributed by atoms with Crippen LogP contribution in [0, 0.1) is 0 Å². The number of fused-ring (bicyclic) bond motifs is 1. The molecule has 2 rings (SSSR count). The quantitative estimate of drug-likeness (QED) is 0.630. The molecule has 0 N–H and O–H groups in total. The Hall–Kier alpha value is -1.44. The van der Waals surface area contributed by atoms with Crippen molar-refractivity contribution in [2.24, 2.45) is 0 Å². The van der Waals surface area contributed by atoms with Crippen molar-refractivity contribution in [3.05, 3.63) is 35.6 Å². The van der Waals surface area contributed by atoms with Crippen LogP contribution in [-0.4, -0.2) is 7.11 Å². The highest BCUT2D eigenvalue weighted by Gasteiger charge is 2.04. The van der Waals surface area contributed by atoms with Crippen molar-refractivity contribution in [3.8, 4) is 5.75 Å². The smallest absolute Gasteiger partial charge is 0.119 e. The first-order chi connectivity index (χ1) is 5.90. The molecule has 0 saturated heterocycles. The van der Waals surface area contributed by atoms with Crippen molar-refractivity contribution in [2.45, 2.75) is 6.61 Å². The average Bonchev–Trinajstić information content (AvgIpc) is 2.17. The fraction of sp³-hybridized carbons (Fsp3) is 0.200. The van der Waals surface area contributed by atoms with Crippen LogP contribution in [0.15, 0.2) is 24.5 Å². The van der Waals surface area contributed by atoms with Gasteiger partial charge in [0.1, 0.15) is 12.4 Å². The van der Waals surface area contributed by atoms with Crippen molar-refractivity contribution in [1.29, 1.82) is 0 Å². The summed E-state index contributed by atoms with van der Waals surface area (Å²) in [6.45, 7) is 0.663. The predicted molar refractivity (Wildman–Crippen MR) is 46.8 cm³/mol. The van der Waals surface area contributed by atoms with Gasteiger partial charge in [-0.05, 0) is 29.3 Å². The highest BCUT2D eigenvalue weighted by Crippen LogP contribution is 2.22. The molecule has 12 heavy (non-hydrogen) atoms. The minimum atomic E-state index is 0.663. The molecule has 1 aliphatic rings. The predicted octanol–water partition coefficient (Wildman–Crippen LogP) is 2.20. The second-order valence-electron chi connectivity index (χ2n) is 2.68. The topological polar surface area (TPSA) is 18.5 Å². The summed E-state index contributed by atoms with van der Waals surface area (Å²) in [5.74, 6) is 0.889. The van der Waals surface area contributed by atoms with E-state index in [-0.39, 0.29) is 0 Å². The summed E-state index contributed by atoms with van der Waals surface area (Å²) in [5.41, 5.74) is 2.39. The molecule has 0 atom stereocenters. The van der Waals surface area contributed by atoms with Crippen LogP contribution >= 0.6 is 0 Å². The largest absolute Gasteiger partial charge is 0.497 e. The molecular formula is C10H10O2. The molecule has 1 heterocycles. The zero-order valence-electron chi connectivity index (χ0n) is 6.91. The van der Waals surface area contributed by atoms with Gasteiger partial charge in [0.2, 0.25) is 0 Å². The number of benzene rings is 1. The Bertz CT molecular complexity index is 316. The van der Waals surface area contributed by atoms with Crippen molar-refractivity contribution in [1.82, 2.24) is 0 Å². The standard InChI is InChI=1S/C10H10O2/c1-11-10-3-2-9-7-12-5-4-8(9)6-10/h2-6H,7H2,1H3. The molecule has 62 valence electrons. The Morgan fingerprint density at radius 3 is 3.17 bits per heavy atom. The molecular weight excluding hydrogens is 152 g/mol. The Morgan fingerprint density at radius 1 is 1.42 bits per heavy atom. The van der Waals surface area contributed by atoms with E-state index in [0.29, 0.717) is 6.61 Å². The fourth-order valence-corrected chi connectivity index (χ4v) is 1.25. The van der Waals surface area contributed by atoms with Gasteiger partial charge in [-0.3, -0.25) is 0 Å². The van der Waals surface area contributed by atoms with Crippen molar-refractivity contribution < 1.29 is 9.47 Å². The van der Waals surface area contributed by atoms with Gasteiger partial charge in [0, 0.05) is 0 Å². The Morgan fingerprint density at radius 2 is 2.33 bits per heavy atom. The van der Waals surface area contributed by atoms with Crippen LogP contribution in [0.5, 0.6) is 5.75 Å². The second kappa shape index (κ2) is 2.89. The Labute approximate surface area is 71.4 Å². The third-order valence-corrected chi connectivity index (χ3v) is 1.94. The first kappa shape index (κ1) is 7.22. The summed E-state index contributed by atoms with van der Waals surface area (Å²) >= 11 is 0. The van der Waals surface area contributed by atoms with Gasteiger partial charge in [-0.1, -0.05) is 6.07 Å². The monoisotopic (exact) mass is 162 g/mol. The zero-order valence-corrected chi connectivity index (χ0v) is 6.91. The van der Waals surface area contributed by atoms with Gasteiger partial charge in [-0.25, -0.2) is 0 Å². The summed E-state index contributed by atoms with van der Waals surface area (Å²) in [6, 6.07) is 5.98. The van der Waals surface area contributed by atoms with E-state index in [4.69, 9.17) is 9.47 Å². The van der Waals surface area contributed by atoms with Gasteiger partial charge in [0.25, 0.3) is 0 Å². The van der Waals surface area contributed by atoms with Crippen LogP contribution in [0.4, 0.5) is 0 Å². The van der Waals surface area contributed by atoms with Crippen molar-refractivity contribution in [2.75, 3.05) is 7.11 Å². The van der Waals surface area contributed by atoms with Crippen molar-refractivity contribution in [3.63, 3.8) is 0 Å². The molecule has 0 bridgehead atoms. The summed E-state index contributed by atoms with van der Waals surface area (Å²) in [6.07, 6.45) is 3.66. The maximum absolute atomic E-state index is 5.15. The molecule has 0 saturated carbocycles. The van der Waals surface area contributed by atoms with E-state index in [1.807, 2.05) is 24.3 Å². The highest BCUT2D eigenvalue weighted by atomic mass is 16.5. The molecule has 0 aliphatic carbocycles. The Balaban J connectivity index is 2.44. The summed E-state index contributed by atoms with van der Waals surface area (Å²) in [5, 5.41) is 0. The van der Waals surface area contributed by atoms with Gasteiger partial charge >= 0.3 is 0 Å². The van der Waals surface area contributed by atoms with Crippen LogP contribution in [-0.2, 0) is 11.3 Å². The van der Waals surface area contributed by atoms with E-state index in [0.717, 1.165) is 5.75 Å². The lowest BCUT2D eigenvalue weighted by Gasteiger charge is -2.12. The Kier molecular flexibility index (Phi) is 1.74. The maximum Gasteiger partial charge on any atom is 0.119 e. The average molecular weight is 162 g/mol.